The van der Waals surface area contributed by atoms with Crippen molar-refractivity contribution in [3.05, 3.63) is 29.8 Å². The van der Waals surface area contributed by atoms with Crippen molar-refractivity contribution >= 4 is 6.03 Å². The fourth-order valence-electron chi connectivity index (χ4n) is 4.82. The Hall–Kier alpha value is -1.75. The van der Waals surface area contributed by atoms with Gasteiger partial charge in [-0.3, -0.25) is 0 Å². The Morgan fingerprint density at radius 1 is 1.28 bits per heavy atom. The number of likely N-dealkylation sites (tertiary alicyclic amines) is 2. The molecule has 5 nitrogen and oxygen atoms in total. The zero-order valence-corrected chi connectivity index (χ0v) is 15.3. The van der Waals surface area contributed by atoms with Gasteiger partial charge in [-0.05, 0) is 51.8 Å². The molecular formula is C20H29N3O2. The first-order chi connectivity index (χ1) is 12.1. The number of nitrogens with one attached hydrogen (secondary N) is 1. The molecule has 4 rings (SSSR count). The van der Waals surface area contributed by atoms with E-state index in [1.807, 2.05) is 23.1 Å². The number of benzene rings is 1. The van der Waals surface area contributed by atoms with E-state index >= 15 is 0 Å². The molecule has 3 aliphatic heterocycles. The predicted octanol–water partition coefficient (Wildman–Crippen LogP) is 2.68. The van der Waals surface area contributed by atoms with Crippen LogP contribution in [0.25, 0.3) is 0 Å². The number of urea groups is 1. The zero-order chi connectivity index (χ0) is 17.4. The second-order valence-corrected chi connectivity index (χ2v) is 7.88. The minimum Gasteiger partial charge on any atom is -0.493 e. The zero-order valence-electron chi connectivity index (χ0n) is 15.3. The maximum absolute atomic E-state index is 12.8. The molecule has 0 bridgehead atoms. The van der Waals surface area contributed by atoms with Crippen LogP contribution in [0.2, 0.25) is 0 Å². The standard InChI is InChI=1S/C20H29N3O2/c1-14(17-13-25-19-8-4-3-7-16(17)19)21-20(24)23-11-9-18-15(12-23)6-5-10-22(18)2/h3-4,7-8,14-15,17-18H,5-6,9-13H2,1-2H3,(H,21,24)/t14-,15-,17-,18+/m0/s1. The largest absolute Gasteiger partial charge is 0.493 e. The minimum atomic E-state index is 0.0721. The Bertz CT molecular complexity index is 635. The van der Waals surface area contributed by atoms with Gasteiger partial charge in [-0.1, -0.05) is 18.2 Å². The third kappa shape index (κ3) is 3.22. The molecule has 136 valence electrons. The molecule has 2 amide bonds. The number of piperidine rings is 2. The molecule has 0 aliphatic carbocycles. The molecule has 0 aromatic heterocycles. The molecule has 0 radical (unpaired) electrons. The fourth-order valence-corrected chi connectivity index (χ4v) is 4.82. The summed E-state index contributed by atoms with van der Waals surface area (Å²) in [7, 11) is 2.23. The number of carbonyl (C=O) groups excluding carboxylic acids is 1. The molecule has 1 N–H and O–H groups in total. The first-order valence-electron chi connectivity index (χ1n) is 9.61. The molecule has 1 aromatic carbocycles. The number of nitrogens with zero attached hydrogens (tertiary/aromatic N) is 2. The van der Waals surface area contributed by atoms with Gasteiger partial charge in [0.25, 0.3) is 0 Å². The summed E-state index contributed by atoms with van der Waals surface area (Å²) >= 11 is 0. The Morgan fingerprint density at radius 3 is 3.00 bits per heavy atom. The second-order valence-electron chi connectivity index (χ2n) is 7.88. The van der Waals surface area contributed by atoms with Crippen LogP contribution >= 0.6 is 0 Å². The molecular weight excluding hydrogens is 314 g/mol. The number of hydrogen-bond donors (Lipinski definition) is 1. The number of rotatable bonds is 2. The number of ether oxygens (including phenoxy) is 1. The van der Waals surface area contributed by atoms with E-state index in [9.17, 15) is 4.79 Å². The molecule has 3 aliphatic rings. The van der Waals surface area contributed by atoms with Crippen molar-refractivity contribution in [2.24, 2.45) is 5.92 Å². The number of hydrogen-bond acceptors (Lipinski definition) is 3. The Kier molecular flexibility index (Phi) is 4.59. The van der Waals surface area contributed by atoms with Crippen LogP contribution in [0.1, 0.15) is 37.7 Å². The van der Waals surface area contributed by atoms with Gasteiger partial charge in [0.2, 0.25) is 0 Å². The summed E-state index contributed by atoms with van der Waals surface area (Å²) in [6.45, 7) is 5.70. The van der Waals surface area contributed by atoms with Crippen molar-refractivity contribution in [1.82, 2.24) is 15.1 Å². The molecule has 4 atom stereocenters. The first kappa shape index (κ1) is 16.7. The Morgan fingerprint density at radius 2 is 2.12 bits per heavy atom. The summed E-state index contributed by atoms with van der Waals surface area (Å²) in [5.74, 6) is 1.82. The molecule has 5 heteroatoms. The summed E-state index contributed by atoms with van der Waals surface area (Å²) in [5.41, 5.74) is 1.21. The lowest BCUT2D eigenvalue weighted by Crippen LogP contribution is -2.56. The average molecular weight is 343 g/mol. The topological polar surface area (TPSA) is 44.8 Å². The highest BCUT2D eigenvalue weighted by Crippen LogP contribution is 2.35. The molecule has 25 heavy (non-hydrogen) atoms. The molecule has 3 heterocycles. The van der Waals surface area contributed by atoms with Crippen LogP contribution < -0.4 is 10.1 Å². The van der Waals surface area contributed by atoms with Crippen LogP contribution in [0.3, 0.4) is 0 Å². The second kappa shape index (κ2) is 6.87. The molecule has 0 spiro atoms. The normalized spacial score (nSPS) is 30.2. The Labute approximate surface area is 150 Å². The maximum Gasteiger partial charge on any atom is 0.317 e. The van der Waals surface area contributed by atoms with Gasteiger partial charge in [0.05, 0.1) is 6.61 Å². The van der Waals surface area contributed by atoms with E-state index in [0.29, 0.717) is 18.6 Å². The predicted molar refractivity (Wildman–Crippen MR) is 98.0 cm³/mol. The van der Waals surface area contributed by atoms with Gasteiger partial charge in [0.1, 0.15) is 5.75 Å². The van der Waals surface area contributed by atoms with Crippen LogP contribution in [0.5, 0.6) is 5.75 Å². The SMILES string of the molecule is C[C@H](NC(=O)N1CC[C@@H]2[C@@H](CCCN2C)C1)[C@@H]1COc2ccccc21. The van der Waals surface area contributed by atoms with E-state index in [4.69, 9.17) is 4.74 Å². The van der Waals surface area contributed by atoms with Crippen LogP contribution in [0, 0.1) is 5.92 Å². The average Bonchev–Trinajstić information content (AvgIpc) is 3.06. The Balaban J connectivity index is 1.36. The number of amides is 2. The number of para-hydroxylation sites is 1. The lowest BCUT2D eigenvalue weighted by atomic mass is 9.84. The van der Waals surface area contributed by atoms with Gasteiger partial charge in [-0.15, -0.1) is 0 Å². The van der Waals surface area contributed by atoms with E-state index in [1.165, 1.54) is 24.9 Å². The minimum absolute atomic E-state index is 0.0721. The molecule has 0 unspecified atom stereocenters. The van der Waals surface area contributed by atoms with E-state index in [0.717, 1.165) is 25.3 Å². The molecule has 1 aromatic rings. The summed E-state index contributed by atoms with van der Waals surface area (Å²) in [6, 6.07) is 8.97. The van der Waals surface area contributed by atoms with Crippen molar-refractivity contribution < 1.29 is 9.53 Å². The molecule has 2 saturated heterocycles. The first-order valence-corrected chi connectivity index (χ1v) is 9.61. The van der Waals surface area contributed by atoms with E-state index in [2.05, 4.69) is 30.3 Å². The fraction of sp³-hybridized carbons (Fsp3) is 0.650. The van der Waals surface area contributed by atoms with Gasteiger partial charge < -0.3 is 19.9 Å². The lowest BCUT2D eigenvalue weighted by Gasteiger charge is -2.46. The highest BCUT2D eigenvalue weighted by atomic mass is 16.5. The summed E-state index contributed by atoms with van der Waals surface area (Å²) in [6.07, 6.45) is 3.59. The van der Waals surface area contributed by atoms with Gasteiger partial charge in [0.15, 0.2) is 0 Å². The summed E-state index contributed by atoms with van der Waals surface area (Å²) in [5, 5.41) is 3.23. The van der Waals surface area contributed by atoms with Crippen molar-refractivity contribution in [3.63, 3.8) is 0 Å². The van der Waals surface area contributed by atoms with Crippen LogP contribution in [-0.2, 0) is 0 Å². The highest BCUT2D eigenvalue weighted by Gasteiger charge is 2.37. The van der Waals surface area contributed by atoms with Crippen molar-refractivity contribution in [3.8, 4) is 5.75 Å². The van der Waals surface area contributed by atoms with E-state index in [-0.39, 0.29) is 18.0 Å². The smallest absolute Gasteiger partial charge is 0.317 e. The highest BCUT2D eigenvalue weighted by molar-refractivity contribution is 5.75. The number of carbonyl (C=O) groups is 1. The van der Waals surface area contributed by atoms with E-state index < -0.39 is 0 Å². The van der Waals surface area contributed by atoms with Gasteiger partial charge in [-0.2, -0.15) is 0 Å². The van der Waals surface area contributed by atoms with Crippen molar-refractivity contribution in [2.45, 2.75) is 44.2 Å². The maximum atomic E-state index is 12.8. The quantitative estimate of drug-likeness (QED) is 0.898. The van der Waals surface area contributed by atoms with E-state index in [1.54, 1.807) is 0 Å². The third-order valence-corrected chi connectivity index (χ3v) is 6.32. The van der Waals surface area contributed by atoms with Crippen molar-refractivity contribution in [2.75, 3.05) is 33.3 Å². The van der Waals surface area contributed by atoms with Gasteiger partial charge >= 0.3 is 6.03 Å². The van der Waals surface area contributed by atoms with Crippen LogP contribution in [-0.4, -0.2) is 61.2 Å². The van der Waals surface area contributed by atoms with Crippen LogP contribution in [0.15, 0.2) is 24.3 Å². The molecule has 0 saturated carbocycles. The monoisotopic (exact) mass is 343 g/mol. The van der Waals surface area contributed by atoms with Gasteiger partial charge in [-0.25, -0.2) is 4.79 Å². The summed E-state index contributed by atoms with van der Waals surface area (Å²) < 4.78 is 5.77. The van der Waals surface area contributed by atoms with Crippen molar-refractivity contribution in [1.29, 1.82) is 0 Å². The molecule has 2 fully saturated rings. The van der Waals surface area contributed by atoms with Gasteiger partial charge in [0, 0.05) is 36.7 Å². The summed E-state index contributed by atoms with van der Waals surface area (Å²) in [4.78, 5) is 17.3. The number of fused-ring (bicyclic) bond motifs is 2. The van der Waals surface area contributed by atoms with Crippen LogP contribution in [0.4, 0.5) is 4.79 Å². The third-order valence-electron chi connectivity index (χ3n) is 6.32. The lowest BCUT2D eigenvalue weighted by molar-refractivity contribution is 0.0509.